The number of nitrogens with zero attached hydrogens (tertiary/aromatic N) is 4. The zero-order valence-electron chi connectivity index (χ0n) is 14.9. The normalized spacial score (nSPS) is 21.4. The Kier molecular flexibility index (Phi) is 4.36. The molecule has 3 rings (SSSR count). The predicted molar refractivity (Wildman–Crippen MR) is 87.2 cm³/mol. The molecule has 1 saturated carbocycles. The first-order valence-electron chi connectivity index (χ1n) is 8.63. The molecule has 2 aliphatic rings. The van der Waals surface area contributed by atoms with Crippen LogP contribution >= 0.6 is 0 Å². The zero-order valence-corrected chi connectivity index (χ0v) is 14.9. The van der Waals surface area contributed by atoms with E-state index in [0.717, 1.165) is 18.7 Å². The first kappa shape index (κ1) is 16.9. The van der Waals surface area contributed by atoms with E-state index in [4.69, 9.17) is 4.52 Å². The number of amides is 2. The van der Waals surface area contributed by atoms with Gasteiger partial charge in [0.05, 0.1) is 5.92 Å². The third kappa shape index (κ3) is 3.60. The SMILES string of the molecule is CN(CCc1noc(C2CC2)n1)C(=O)C1CC(=O)N(C(C)(C)C)C1. The van der Waals surface area contributed by atoms with Crippen LogP contribution < -0.4 is 0 Å². The van der Waals surface area contributed by atoms with Gasteiger partial charge < -0.3 is 14.3 Å². The molecule has 2 heterocycles. The summed E-state index contributed by atoms with van der Waals surface area (Å²) in [6, 6.07) is 0. The summed E-state index contributed by atoms with van der Waals surface area (Å²) in [7, 11) is 1.77. The maximum atomic E-state index is 12.6. The van der Waals surface area contributed by atoms with E-state index in [2.05, 4.69) is 10.1 Å². The first-order chi connectivity index (χ1) is 11.3. The van der Waals surface area contributed by atoms with Gasteiger partial charge >= 0.3 is 0 Å². The standard InChI is InChI=1S/C17H26N4O3/c1-17(2,3)21-10-12(9-14(21)22)16(23)20(4)8-7-13-18-15(24-19-13)11-5-6-11/h11-12H,5-10H2,1-4H3. The fourth-order valence-electron chi connectivity index (χ4n) is 3.08. The molecule has 132 valence electrons. The summed E-state index contributed by atoms with van der Waals surface area (Å²) < 4.78 is 5.23. The fourth-order valence-corrected chi connectivity index (χ4v) is 3.08. The number of hydrogen-bond donors (Lipinski definition) is 0. The van der Waals surface area contributed by atoms with Crippen LogP contribution in [0.5, 0.6) is 0 Å². The van der Waals surface area contributed by atoms with Gasteiger partial charge in [-0.2, -0.15) is 4.98 Å². The second kappa shape index (κ2) is 6.18. The molecule has 0 spiro atoms. The Morgan fingerprint density at radius 1 is 1.38 bits per heavy atom. The number of carbonyl (C=O) groups is 2. The van der Waals surface area contributed by atoms with Gasteiger partial charge in [-0.3, -0.25) is 9.59 Å². The van der Waals surface area contributed by atoms with Crippen molar-refractivity contribution in [1.29, 1.82) is 0 Å². The lowest BCUT2D eigenvalue weighted by Crippen LogP contribution is -2.43. The summed E-state index contributed by atoms with van der Waals surface area (Å²) >= 11 is 0. The van der Waals surface area contributed by atoms with Crippen molar-refractivity contribution in [1.82, 2.24) is 19.9 Å². The molecule has 1 aliphatic carbocycles. The quantitative estimate of drug-likeness (QED) is 0.817. The largest absolute Gasteiger partial charge is 0.345 e. The molecule has 2 fully saturated rings. The molecule has 7 nitrogen and oxygen atoms in total. The lowest BCUT2D eigenvalue weighted by molar-refractivity contribution is -0.134. The third-order valence-corrected chi connectivity index (χ3v) is 4.74. The van der Waals surface area contributed by atoms with E-state index >= 15 is 0 Å². The molecule has 0 aromatic carbocycles. The summed E-state index contributed by atoms with van der Waals surface area (Å²) in [6.45, 7) is 7.02. The van der Waals surface area contributed by atoms with Gasteiger partial charge in [0, 0.05) is 44.4 Å². The van der Waals surface area contributed by atoms with Gasteiger partial charge in [-0.15, -0.1) is 0 Å². The van der Waals surface area contributed by atoms with E-state index < -0.39 is 0 Å². The molecule has 0 radical (unpaired) electrons. The first-order valence-corrected chi connectivity index (χ1v) is 8.63. The van der Waals surface area contributed by atoms with Gasteiger partial charge in [-0.25, -0.2) is 0 Å². The molecule has 1 aromatic heterocycles. The van der Waals surface area contributed by atoms with Crippen molar-refractivity contribution in [2.24, 2.45) is 5.92 Å². The van der Waals surface area contributed by atoms with Gasteiger partial charge in [0.1, 0.15) is 0 Å². The Bertz CT molecular complexity index is 630. The van der Waals surface area contributed by atoms with Crippen LogP contribution in [0.25, 0.3) is 0 Å². The van der Waals surface area contributed by atoms with Gasteiger partial charge in [-0.05, 0) is 33.6 Å². The summed E-state index contributed by atoms with van der Waals surface area (Å²) in [6.07, 6.45) is 3.12. The maximum absolute atomic E-state index is 12.6. The lowest BCUT2D eigenvalue weighted by Gasteiger charge is -2.32. The molecule has 0 bridgehead atoms. The molecule has 1 saturated heterocycles. The van der Waals surface area contributed by atoms with Crippen LogP contribution in [-0.4, -0.2) is 57.4 Å². The van der Waals surface area contributed by atoms with Crippen LogP contribution in [0.15, 0.2) is 4.52 Å². The van der Waals surface area contributed by atoms with Crippen molar-refractivity contribution in [3.8, 4) is 0 Å². The van der Waals surface area contributed by atoms with E-state index in [9.17, 15) is 9.59 Å². The van der Waals surface area contributed by atoms with Crippen molar-refractivity contribution in [3.05, 3.63) is 11.7 Å². The second-order valence-corrected chi connectivity index (χ2v) is 7.91. The number of carbonyl (C=O) groups excluding carboxylic acids is 2. The molecule has 1 aromatic rings. The average molecular weight is 334 g/mol. The Balaban J connectivity index is 1.52. The van der Waals surface area contributed by atoms with E-state index in [1.807, 2.05) is 20.8 Å². The van der Waals surface area contributed by atoms with Crippen LogP contribution in [0, 0.1) is 5.92 Å². The molecule has 7 heteroatoms. The van der Waals surface area contributed by atoms with E-state index in [1.54, 1.807) is 16.8 Å². The summed E-state index contributed by atoms with van der Waals surface area (Å²) in [5, 5.41) is 3.98. The van der Waals surface area contributed by atoms with E-state index in [1.165, 1.54) is 0 Å². The fraction of sp³-hybridized carbons (Fsp3) is 0.765. The summed E-state index contributed by atoms with van der Waals surface area (Å²) in [4.78, 5) is 32.6. The molecule has 1 atom stereocenters. The predicted octanol–water partition coefficient (Wildman–Crippen LogP) is 1.59. The van der Waals surface area contributed by atoms with Crippen molar-refractivity contribution in [3.63, 3.8) is 0 Å². The van der Waals surface area contributed by atoms with E-state index in [0.29, 0.717) is 37.7 Å². The summed E-state index contributed by atoms with van der Waals surface area (Å²) in [5.41, 5.74) is -0.242. The van der Waals surface area contributed by atoms with Crippen molar-refractivity contribution >= 4 is 11.8 Å². The second-order valence-electron chi connectivity index (χ2n) is 7.91. The Hall–Kier alpha value is -1.92. The van der Waals surface area contributed by atoms with Gasteiger partial charge in [-0.1, -0.05) is 5.16 Å². The topological polar surface area (TPSA) is 79.5 Å². The highest BCUT2D eigenvalue weighted by Crippen LogP contribution is 2.38. The molecule has 0 N–H and O–H groups in total. The Labute approximate surface area is 142 Å². The van der Waals surface area contributed by atoms with Gasteiger partial charge in [0.15, 0.2) is 5.82 Å². The van der Waals surface area contributed by atoms with Crippen molar-refractivity contribution in [2.45, 2.75) is 57.9 Å². The summed E-state index contributed by atoms with van der Waals surface area (Å²) in [5.74, 6) is 1.63. The number of hydrogen-bond acceptors (Lipinski definition) is 5. The molecular formula is C17H26N4O3. The molecule has 1 aliphatic heterocycles. The number of likely N-dealkylation sites (tertiary alicyclic amines) is 1. The number of rotatable bonds is 5. The van der Waals surface area contributed by atoms with Gasteiger partial charge in [0.2, 0.25) is 17.7 Å². The zero-order chi connectivity index (χ0) is 17.5. The molecular weight excluding hydrogens is 308 g/mol. The molecule has 24 heavy (non-hydrogen) atoms. The van der Waals surface area contributed by atoms with E-state index in [-0.39, 0.29) is 23.3 Å². The third-order valence-electron chi connectivity index (χ3n) is 4.74. The number of aromatic nitrogens is 2. The minimum absolute atomic E-state index is 0.0148. The maximum Gasteiger partial charge on any atom is 0.229 e. The minimum atomic E-state index is -0.256. The highest BCUT2D eigenvalue weighted by atomic mass is 16.5. The highest BCUT2D eigenvalue weighted by molar-refractivity contribution is 5.89. The average Bonchev–Trinajstić information content (AvgIpc) is 3.11. The highest BCUT2D eigenvalue weighted by Gasteiger charge is 2.40. The van der Waals surface area contributed by atoms with Crippen LogP contribution in [-0.2, 0) is 16.0 Å². The Morgan fingerprint density at radius 2 is 2.08 bits per heavy atom. The van der Waals surface area contributed by atoms with Crippen molar-refractivity contribution < 1.29 is 14.1 Å². The molecule has 2 amide bonds. The monoisotopic (exact) mass is 334 g/mol. The van der Waals surface area contributed by atoms with Gasteiger partial charge in [0.25, 0.3) is 0 Å². The minimum Gasteiger partial charge on any atom is -0.345 e. The Morgan fingerprint density at radius 3 is 2.67 bits per heavy atom. The van der Waals surface area contributed by atoms with Crippen LogP contribution in [0.1, 0.15) is 57.7 Å². The van der Waals surface area contributed by atoms with Crippen molar-refractivity contribution in [2.75, 3.05) is 20.1 Å². The smallest absolute Gasteiger partial charge is 0.229 e. The van der Waals surface area contributed by atoms with Crippen LogP contribution in [0.4, 0.5) is 0 Å². The lowest BCUT2D eigenvalue weighted by atomic mass is 10.1. The van der Waals surface area contributed by atoms with Crippen LogP contribution in [0.3, 0.4) is 0 Å². The number of likely N-dealkylation sites (N-methyl/N-ethyl adjacent to an activating group) is 1. The van der Waals surface area contributed by atoms with Crippen LogP contribution in [0.2, 0.25) is 0 Å². The molecule has 1 unspecified atom stereocenters.